The van der Waals surface area contributed by atoms with Crippen LogP contribution in [0.1, 0.15) is 61.1 Å². The molecule has 3 N–H and O–H groups in total. The van der Waals surface area contributed by atoms with E-state index in [1.165, 1.54) is 16.7 Å². The average Bonchev–Trinajstić information content (AvgIpc) is 3.31. The van der Waals surface area contributed by atoms with Gasteiger partial charge in [-0.05, 0) is 53.5 Å². The number of carbonyl (C=O) groups excluding carboxylic acids is 2. The largest absolute Gasteiger partial charge is 0.481 e. The highest BCUT2D eigenvalue weighted by molar-refractivity contribution is 5.80. The van der Waals surface area contributed by atoms with Crippen molar-refractivity contribution < 1.29 is 24.2 Å². The maximum absolute atomic E-state index is 13.3. The summed E-state index contributed by atoms with van der Waals surface area (Å²) in [7, 11) is 0. The van der Waals surface area contributed by atoms with E-state index in [0.29, 0.717) is 32.2 Å². The van der Waals surface area contributed by atoms with Crippen LogP contribution in [0.25, 0.3) is 11.1 Å². The number of aliphatic carboxylic acids is 1. The number of alkyl carbamates (subject to hydrolysis) is 1. The monoisotopic (exact) mass is 569 g/mol. The van der Waals surface area contributed by atoms with Gasteiger partial charge < -0.3 is 20.5 Å². The summed E-state index contributed by atoms with van der Waals surface area (Å²) in [5.74, 6) is -1.03. The van der Waals surface area contributed by atoms with Gasteiger partial charge in [0.2, 0.25) is 5.91 Å². The number of carbonyl (C=O) groups is 3. The first-order valence-electron chi connectivity index (χ1n) is 14.8. The fraction of sp³-hybridized carbons (Fsp3) is 0.382. The molecule has 3 aromatic rings. The Hall–Kier alpha value is -4.17. The third kappa shape index (κ3) is 7.36. The molecule has 0 bridgehead atoms. The number of fused-ring (bicyclic) bond motifs is 3. The van der Waals surface area contributed by atoms with Crippen LogP contribution in [0, 0.1) is 0 Å². The summed E-state index contributed by atoms with van der Waals surface area (Å²) in [6.07, 6.45) is 2.06. The molecule has 2 aliphatic rings. The lowest BCUT2D eigenvalue weighted by atomic mass is 9.84. The van der Waals surface area contributed by atoms with Crippen molar-refractivity contribution in [1.82, 2.24) is 15.5 Å². The first kappa shape index (κ1) is 29.3. The molecule has 1 aliphatic heterocycles. The van der Waals surface area contributed by atoms with Gasteiger partial charge in [-0.25, -0.2) is 4.79 Å². The Morgan fingerprint density at radius 3 is 2.12 bits per heavy atom. The zero-order valence-electron chi connectivity index (χ0n) is 23.9. The van der Waals surface area contributed by atoms with Crippen LogP contribution in [0.2, 0.25) is 0 Å². The fourth-order valence-electron chi connectivity index (χ4n) is 6.18. The lowest BCUT2D eigenvalue weighted by Crippen LogP contribution is -2.57. The minimum atomic E-state index is -0.838. The SMILES string of the molecule is O=C(O)CCCCNC(=O)CC1(NC(=O)OCC2c3ccccc3-c3ccccc32)CCN(Cc2ccccc2)CC1. The predicted octanol–water partition coefficient (Wildman–Crippen LogP) is 5.32. The smallest absolute Gasteiger partial charge is 0.407 e. The van der Waals surface area contributed by atoms with Gasteiger partial charge in [-0.2, -0.15) is 0 Å². The van der Waals surface area contributed by atoms with E-state index in [1.807, 2.05) is 42.5 Å². The van der Waals surface area contributed by atoms with E-state index in [4.69, 9.17) is 9.84 Å². The van der Waals surface area contributed by atoms with Crippen molar-refractivity contribution in [1.29, 1.82) is 0 Å². The first-order valence-corrected chi connectivity index (χ1v) is 14.8. The van der Waals surface area contributed by atoms with Crippen molar-refractivity contribution in [2.24, 2.45) is 0 Å². The Morgan fingerprint density at radius 2 is 1.48 bits per heavy atom. The Balaban J connectivity index is 1.21. The molecule has 1 saturated heterocycles. The topological polar surface area (TPSA) is 108 Å². The second kappa shape index (κ2) is 13.7. The number of hydrogen-bond donors (Lipinski definition) is 3. The second-order valence-corrected chi connectivity index (χ2v) is 11.4. The number of benzene rings is 3. The van der Waals surface area contributed by atoms with Crippen LogP contribution in [0.3, 0.4) is 0 Å². The van der Waals surface area contributed by atoms with Crippen LogP contribution in [0.5, 0.6) is 0 Å². The van der Waals surface area contributed by atoms with Gasteiger partial charge in [0.25, 0.3) is 0 Å². The van der Waals surface area contributed by atoms with E-state index in [9.17, 15) is 14.4 Å². The molecule has 5 rings (SSSR count). The zero-order chi connectivity index (χ0) is 29.4. The molecule has 0 saturated carbocycles. The third-order valence-electron chi connectivity index (χ3n) is 8.41. The van der Waals surface area contributed by atoms with E-state index in [0.717, 1.165) is 30.8 Å². The molecule has 42 heavy (non-hydrogen) atoms. The van der Waals surface area contributed by atoms with Crippen LogP contribution in [0.4, 0.5) is 4.79 Å². The lowest BCUT2D eigenvalue weighted by molar-refractivity contribution is -0.137. The summed E-state index contributed by atoms with van der Waals surface area (Å²) < 4.78 is 5.86. The summed E-state index contributed by atoms with van der Waals surface area (Å²) >= 11 is 0. The number of nitrogens with one attached hydrogen (secondary N) is 2. The number of rotatable bonds is 12. The minimum absolute atomic E-state index is 0.0408. The molecule has 0 radical (unpaired) electrons. The highest BCUT2D eigenvalue weighted by Crippen LogP contribution is 2.44. The highest BCUT2D eigenvalue weighted by Gasteiger charge is 2.39. The number of nitrogens with zero attached hydrogens (tertiary/aromatic N) is 1. The number of piperidine rings is 1. The molecular weight excluding hydrogens is 530 g/mol. The van der Waals surface area contributed by atoms with Gasteiger partial charge in [-0.15, -0.1) is 0 Å². The number of carboxylic acids is 1. The van der Waals surface area contributed by atoms with Crippen LogP contribution in [0.15, 0.2) is 78.9 Å². The number of likely N-dealkylation sites (tertiary alicyclic amines) is 1. The van der Waals surface area contributed by atoms with Crippen LogP contribution >= 0.6 is 0 Å². The Morgan fingerprint density at radius 1 is 0.857 bits per heavy atom. The van der Waals surface area contributed by atoms with E-state index in [-0.39, 0.29) is 31.3 Å². The van der Waals surface area contributed by atoms with Crippen molar-refractivity contribution in [2.75, 3.05) is 26.2 Å². The standard InChI is InChI=1S/C34H39N3O5/c38-31(35-19-9-8-16-32(39)40)22-34(17-20-37(21-18-34)23-25-10-2-1-3-11-25)36-33(41)42-24-30-28-14-6-4-12-26(28)27-13-5-7-15-29(27)30/h1-7,10-15,30H,8-9,16-24H2,(H,35,38)(H,36,41)(H,39,40). The van der Waals surface area contributed by atoms with Gasteiger partial charge in [0.1, 0.15) is 6.61 Å². The molecule has 0 aromatic heterocycles. The third-order valence-corrected chi connectivity index (χ3v) is 8.41. The van der Waals surface area contributed by atoms with Gasteiger partial charge in [0.05, 0.1) is 5.54 Å². The molecule has 0 spiro atoms. The maximum atomic E-state index is 13.3. The van der Waals surface area contributed by atoms with Crippen LogP contribution in [-0.4, -0.2) is 59.8 Å². The molecule has 8 nitrogen and oxygen atoms in total. The quantitative estimate of drug-likeness (QED) is 0.255. The number of ether oxygens (including phenoxy) is 1. The normalized spacial score (nSPS) is 15.8. The van der Waals surface area contributed by atoms with Crippen LogP contribution in [-0.2, 0) is 20.9 Å². The first-order chi connectivity index (χ1) is 20.4. The van der Waals surface area contributed by atoms with E-state index in [1.54, 1.807) is 0 Å². The minimum Gasteiger partial charge on any atom is -0.481 e. The van der Waals surface area contributed by atoms with Gasteiger partial charge in [0, 0.05) is 44.9 Å². The lowest BCUT2D eigenvalue weighted by Gasteiger charge is -2.41. The van der Waals surface area contributed by atoms with Crippen molar-refractivity contribution >= 4 is 18.0 Å². The Kier molecular flexibility index (Phi) is 9.54. The molecule has 1 fully saturated rings. The van der Waals surface area contributed by atoms with Gasteiger partial charge >= 0.3 is 12.1 Å². The van der Waals surface area contributed by atoms with E-state index in [2.05, 4.69) is 51.9 Å². The maximum Gasteiger partial charge on any atom is 0.407 e. The van der Waals surface area contributed by atoms with Crippen molar-refractivity contribution in [3.8, 4) is 11.1 Å². The van der Waals surface area contributed by atoms with Gasteiger partial charge in [-0.1, -0.05) is 78.9 Å². The highest BCUT2D eigenvalue weighted by atomic mass is 16.5. The number of amides is 2. The molecule has 1 aliphatic carbocycles. The molecular formula is C34H39N3O5. The summed E-state index contributed by atoms with van der Waals surface area (Å²) in [5.41, 5.74) is 5.15. The van der Waals surface area contributed by atoms with Crippen LogP contribution < -0.4 is 10.6 Å². The molecule has 0 unspecified atom stereocenters. The molecule has 3 aromatic carbocycles. The van der Waals surface area contributed by atoms with E-state index >= 15 is 0 Å². The van der Waals surface area contributed by atoms with E-state index < -0.39 is 17.6 Å². The average molecular weight is 570 g/mol. The molecule has 8 heteroatoms. The van der Waals surface area contributed by atoms with Gasteiger partial charge in [0.15, 0.2) is 0 Å². The van der Waals surface area contributed by atoms with Crippen molar-refractivity contribution in [3.63, 3.8) is 0 Å². The van der Waals surface area contributed by atoms with Crippen molar-refractivity contribution in [2.45, 2.75) is 56.5 Å². The molecule has 1 heterocycles. The number of carboxylic acid groups (broad SMARTS) is 1. The Bertz CT molecular complexity index is 1340. The van der Waals surface area contributed by atoms with Crippen molar-refractivity contribution in [3.05, 3.63) is 95.6 Å². The zero-order valence-corrected chi connectivity index (χ0v) is 23.9. The Labute approximate surface area is 247 Å². The molecule has 0 atom stereocenters. The summed E-state index contributed by atoms with van der Waals surface area (Å²) in [4.78, 5) is 39.4. The predicted molar refractivity (Wildman–Crippen MR) is 161 cm³/mol. The number of hydrogen-bond acceptors (Lipinski definition) is 5. The number of unbranched alkanes of at least 4 members (excludes halogenated alkanes) is 1. The summed E-state index contributed by atoms with van der Waals surface area (Å²) in [6.45, 7) is 2.92. The summed E-state index contributed by atoms with van der Waals surface area (Å²) in [6, 6.07) is 26.7. The van der Waals surface area contributed by atoms with Gasteiger partial charge in [-0.3, -0.25) is 14.5 Å². The fourth-order valence-corrected chi connectivity index (χ4v) is 6.18. The second-order valence-electron chi connectivity index (χ2n) is 11.4. The molecule has 2 amide bonds. The molecule has 220 valence electrons. The summed E-state index contributed by atoms with van der Waals surface area (Å²) in [5, 5.41) is 14.9.